The average molecular weight is 529 g/mol. The van der Waals surface area contributed by atoms with E-state index in [9.17, 15) is 22.8 Å². The maximum absolute atomic E-state index is 13.1. The number of hydrogen-bond donors (Lipinski definition) is 1. The Labute approximate surface area is 217 Å². The fourth-order valence-electron chi connectivity index (χ4n) is 5.42. The SMILES string of the molecule is COC(=O)CC12CCC(c3ccc(-c4ccc(NC(=O)c5nc(C)oc5C(F)(F)F)cc4)cc3)(CC1)CO2. The quantitative estimate of drug-likeness (QED) is 0.391. The van der Waals surface area contributed by atoms with Crippen molar-refractivity contribution in [2.75, 3.05) is 19.0 Å². The number of carbonyl (C=O) groups is 2. The highest BCUT2D eigenvalue weighted by Crippen LogP contribution is 2.51. The number of benzene rings is 2. The molecular weight excluding hydrogens is 501 g/mol. The van der Waals surface area contributed by atoms with E-state index >= 15 is 0 Å². The molecule has 6 rings (SSSR count). The minimum Gasteiger partial charge on any atom is -0.469 e. The first-order chi connectivity index (χ1) is 18.0. The Balaban J connectivity index is 1.25. The van der Waals surface area contributed by atoms with E-state index in [-0.39, 0.29) is 23.7 Å². The second-order valence-corrected chi connectivity index (χ2v) is 10.0. The molecule has 0 unspecified atom stereocenters. The highest BCUT2D eigenvalue weighted by atomic mass is 19.4. The summed E-state index contributed by atoms with van der Waals surface area (Å²) in [5, 5.41) is 2.45. The molecule has 3 heterocycles. The summed E-state index contributed by atoms with van der Waals surface area (Å²) in [5.41, 5.74) is 2.10. The van der Waals surface area contributed by atoms with Crippen molar-refractivity contribution in [1.82, 2.24) is 4.98 Å². The van der Waals surface area contributed by atoms with Crippen molar-refractivity contribution in [2.45, 2.75) is 56.2 Å². The van der Waals surface area contributed by atoms with Crippen LogP contribution in [0.4, 0.5) is 18.9 Å². The number of alkyl halides is 3. The van der Waals surface area contributed by atoms with Gasteiger partial charge in [0.1, 0.15) is 0 Å². The van der Waals surface area contributed by atoms with Crippen molar-refractivity contribution >= 4 is 17.6 Å². The number of nitrogens with one attached hydrogen (secondary N) is 1. The predicted octanol–water partition coefficient (Wildman–Crippen LogP) is 6.07. The number of rotatable bonds is 6. The fraction of sp³-hybridized carbons (Fsp3) is 0.393. The van der Waals surface area contributed by atoms with Crippen LogP contribution >= 0.6 is 0 Å². The smallest absolute Gasteiger partial charge is 0.452 e. The zero-order valence-corrected chi connectivity index (χ0v) is 21.0. The Morgan fingerprint density at radius 2 is 1.61 bits per heavy atom. The van der Waals surface area contributed by atoms with Gasteiger partial charge in [0.05, 0.1) is 25.7 Å². The molecule has 2 saturated heterocycles. The van der Waals surface area contributed by atoms with Gasteiger partial charge in [-0.2, -0.15) is 13.2 Å². The fourth-order valence-corrected chi connectivity index (χ4v) is 5.42. The third kappa shape index (κ3) is 4.92. The number of aryl methyl sites for hydroxylation is 1. The van der Waals surface area contributed by atoms with E-state index < -0.39 is 29.1 Å². The van der Waals surface area contributed by atoms with E-state index in [1.165, 1.54) is 19.6 Å². The van der Waals surface area contributed by atoms with E-state index in [0.717, 1.165) is 36.8 Å². The van der Waals surface area contributed by atoms with Crippen molar-refractivity contribution in [3.05, 3.63) is 71.4 Å². The standard InChI is InChI=1S/C28H27F3N2O5/c1-17-32-23(24(38-17)28(29,30)31)25(35)33-21-9-5-19(6-10-21)18-3-7-20(8-4-18)26-11-13-27(14-12-26,37-16-26)15-22(34)36-2/h3-10H,11-16H2,1-2H3,(H,33,35). The topological polar surface area (TPSA) is 90.7 Å². The Morgan fingerprint density at radius 3 is 2.13 bits per heavy atom. The molecule has 3 aliphatic rings. The highest BCUT2D eigenvalue weighted by Gasteiger charge is 2.51. The number of esters is 1. The number of hydrogen-bond acceptors (Lipinski definition) is 6. The van der Waals surface area contributed by atoms with Gasteiger partial charge >= 0.3 is 12.1 Å². The summed E-state index contributed by atoms with van der Waals surface area (Å²) < 4.78 is 55.0. The number of carbonyl (C=O) groups excluding carboxylic acids is 2. The number of anilines is 1. The minimum absolute atomic E-state index is 0.0702. The molecule has 3 aromatic rings. The van der Waals surface area contributed by atoms with Crippen molar-refractivity contribution in [3.8, 4) is 11.1 Å². The van der Waals surface area contributed by atoms with Gasteiger partial charge < -0.3 is 19.2 Å². The van der Waals surface area contributed by atoms with Gasteiger partial charge in [-0.05, 0) is 54.5 Å². The number of nitrogens with zero attached hydrogens (tertiary/aromatic N) is 1. The van der Waals surface area contributed by atoms with Gasteiger partial charge in [-0.1, -0.05) is 36.4 Å². The molecule has 0 radical (unpaired) electrons. The normalized spacial score (nSPS) is 22.8. The lowest BCUT2D eigenvalue weighted by atomic mass is 9.62. The summed E-state index contributed by atoms with van der Waals surface area (Å²) in [5.74, 6) is -2.90. The van der Waals surface area contributed by atoms with E-state index in [0.29, 0.717) is 12.3 Å². The van der Waals surface area contributed by atoms with E-state index in [1.54, 1.807) is 24.3 Å². The minimum atomic E-state index is -4.82. The van der Waals surface area contributed by atoms with Crippen LogP contribution in [0.15, 0.2) is 52.9 Å². The summed E-state index contributed by atoms with van der Waals surface area (Å²) in [6, 6.07) is 15.1. The summed E-state index contributed by atoms with van der Waals surface area (Å²) >= 11 is 0. The van der Waals surface area contributed by atoms with Gasteiger partial charge in [0.2, 0.25) is 5.76 Å². The maximum atomic E-state index is 13.1. The van der Waals surface area contributed by atoms with Crippen molar-refractivity contribution in [3.63, 3.8) is 0 Å². The highest BCUT2D eigenvalue weighted by molar-refractivity contribution is 6.03. The number of ether oxygens (including phenoxy) is 2. The number of methoxy groups -OCH3 is 1. The average Bonchev–Trinajstić information content (AvgIpc) is 3.33. The number of halogens is 3. The lowest BCUT2D eigenvalue weighted by Crippen LogP contribution is -2.54. The molecule has 1 aromatic heterocycles. The number of oxazole rings is 1. The third-order valence-electron chi connectivity index (χ3n) is 7.65. The van der Waals surface area contributed by atoms with Crippen LogP contribution < -0.4 is 5.32 Å². The summed E-state index contributed by atoms with van der Waals surface area (Å²) in [6.45, 7) is 1.82. The molecule has 1 aliphatic carbocycles. The van der Waals surface area contributed by atoms with E-state index in [4.69, 9.17) is 9.47 Å². The van der Waals surface area contributed by atoms with Crippen LogP contribution in [-0.2, 0) is 25.9 Å². The van der Waals surface area contributed by atoms with Gasteiger partial charge in [-0.15, -0.1) is 0 Å². The van der Waals surface area contributed by atoms with Crippen molar-refractivity contribution in [1.29, 1.82) is 0 Å². The van der Waals surface area contributed by atoms with Crippen LogP contribution in [0.25, 0.3) is 11.1 Å². The maximum Gasteiger partial charge on any atom is 0.452 e. The number of fused-ring (bicyclic) bond motifs is 3. The largest absolute Gasteiger partial charge is 0.469 e. The van der Waals surface area contributed by atoms with Gasteiger partial charge in [-0.25, -0.2) is 4.98 Å². The Bertz CT molecular complexity index is 1320. The predicted molar refractivity (Wildman–Crippen MR) is 132 cm³/mol. The Hall–Kier alpha value is -3.66. The molecule has 1 saturated carbocycles. The Morgan fingerprint density at radius 1 is 1.00 bits per heavy atom. The van der Waals surface area contributed by atoms with Gasteiger partial charge in [0.25, 0.3) is 5.91 Å². The molecule has 1 amide bonds. The molecular formula is C28H27F3N2O5. The summed E-state index contributed by atoms with van der Waals surface area (Å²) in [6.07, 6.45) is -1.02. The lowest BCUT2D eigenvalue weighted by Gasteiger charge is -2.53. The molecule has 200 valence electrons. The lowest BCUT2D eigenvalue weighted by molar-refractivity contribution is -0.176. The first kappa shape index (κ1) is 26.0. The van der Waals surface area contributed by atoms with E-state index in [2.05, 4.69) is 26.9 Å². The molecule has 7 nitrogen and oxygen atoms in total. The molecule has 3 fully saturated rings. The molecule has 2 aromatic carbocycles. The summed E-state index contributed by atoms with van der Waals surface area (Å²) in [4.78, 5) is 27.8. The first-order valence-electron chi connectivity index (χ1n) is 12.3. The van der Waals surface area contributed by atoms with Crippen LogP contribution in [0.2, 0.25) is 0 Å². The Kier molecular flexibility index (Phi) is 6.54. The monoisotopic (exact) mass is 528 g/mol. The molecule has 0 atom stereocenters. The van der Waals surface area contributed by atoms with Gasteiger partial charge in [0, 0.05) is 18.0 Å². The van der Waals surface area contributed by atoms with Crippen LogP contribution in [-0.4, -0.2) is 36.2 Å². The summed E-state index contributed by atoms with van der Waals surface area (Å²) in [7, 11) is 1.40. The van der Waals surface area contributed by atoms with Crippen LogP contribution in [0, 0.1) is 6.92 Å². The van der Waals surface area contributed by atoms with Crippen LogP contribution in [0.1, 0.15) is 59.8 Å². The number of amides is 1. The zero-order chi connectivity index (χ0) is 27.1. The third-order valence-corrected chi connectivity index (χ3v) is 7.65. The van der Waals surface area contributed by atoms with Crippen LogP contribution in [0.5, 0.6) is 0 Å². The zero-order valence-electron chi connectivity index (χ0n) is 21.0. The van der Waals surface area contributed by atoms with Crippen LogP contribution in [0.3, 0.4) is 0 Å². The molecule has 0 spiro atoms. The van der Waals surface area contributed by atoms with Crippen molar-refractivity contribution in [2.24, 2.45) is 0 Å². The second-order valence-electron chi connectivity index (χ2n) is 10.0. The molecule has 1 N–H and O–H groups in total. The number of aromatic nitrogens is 1. The molecule has 2 aliphatic heterocycles. The second kappa shape index (κ2) is 9.58. The molecule has 2 bridgehead atoms. The van der Waals surface area contributed by atoms with E-state index in [1.807, 2.05) is 12.1 Å². The van der Waals surface area contributed by atoms with Gasteiger partial charge in [-0.3, -0.25) is 9.59 Å². The van der Waals surface area contributed by atoms with Crippen molar-refractivity contribution < 1.29 is 36.7 Å². The molecule has 10 heteroatoms. The molecule has 38 heavy (non-hydrogen) atoms. The van der Waals surface area contributed by atoms with Gasteiger partial charge in [0.15, 0.2) is 11.6 Å². The first-order valence-corrected chi connectivity index (χ1v) is 12.3.